The molecular weight excluding hydrogens is 396 g/mol. The summed E-state index contributed by atoms with van der Waals surface area (Å²) in [6, 6.07) is 12.5. The molecule has 0 aliphatic rings. The minimum absolute atomic E-state index is 0.0244. The van der Waals surface area contributed by atoms with E-state index in [4.69, 9.17) is 9.47 Å². The molecule has 0 fully saturated rings. The van der Waals surface area contributed by atoms with Gasteiger partial charge in [-0.1, -0.05) is 18.2 Å². The van der Waals surface area contributed by atoms with Crippen LogP contribution in [-0.2, 0) is 11.3 Å². The Bertz CT molecular complexity index is 1170. The Morgan fingerprint density at radius 3 is 2.68 bits per heavy atom. The number of para-hydroxylation sites is 1. The van der Waals surface area contributed by atoms with Gasteiger partial charge in [-0.15, -0.1) is 0 Å². The van der Waals surface area contributed by atoms with E-state index in [9.17, 15) is 9.59 Å². The number of anilines is 1. The van der Waals surface area contributed by atoms with Gasteiger partial charge >= 0.3 is 0 Å². The van der Waals surface area contributed by atoms with Crippen molar-refractivity contribution in [3.8, 4) is 11.5 Å². The Labute approximate surface area is 180 Å². The summed E-state index contributed by atoms with van der Waals surface area (Å²) in [7, 11) is 1.57. The van der Waals surface area contributed by atoms with Crippen LogP contribution >= 0.6 is 0 Å². The second-order valence-electron chi connectivity index (χ2n) is 7.03. The number of hydrazine groups is 1. The van der Waals surface area contributed by atoms with Crippen molar-refractivity contribution in [3.05, 3.63) is 64.5 Å². The zero-order chi connectivity index (χ0) is 22.4. The van der Waals surface area contributed by atoms with Crippen LogP contribution < -0.4 is 25.9 Å². The summed E-state index contributed by atoms with van der Waals surface area (Å²) in [5, 5.41) is 0.528. The molecule has 2 N–H and O–H groups in total. The van der Waals surface area contributed by atoms with Gasteiger partial charge in [-0.3, -0.25) is 25.0 Å². The number of benzene rings is 2. The van der Waals surface area contributed by atoms with Gasteiger partial charge in [0.2, 0.25) is 5.95 Å². The van der Waals surface area contributed by atoms with Gasteiger partial charge in [-0.25, -0.2) is 4.98 Å². The van der Waals surface area contributed by atoms with Crippen molar-refractivity contribution in [1.82, 2.24) is 15.0 Å². The minimum Gasteiger partial charge on any atom is -0.493 e. The number of carbonyl (C=O) groups is 1. The highest BCUT2D eigenvalue weighted by Crippen LogP contribution is 2.29. The third kappa shape index (κ3) is 5.22. The van der Waals surface area contributed by atoms with Gasteiger partial charge in [-0.05, 0) is 56.7 Å². The minimum atomic E-state index is -0.397. The molecule has 0 radical (unpaired) electrons. The lowest BCUT2D eigenvalue weighted by Crippen LogP contribution is -2.33. The fourth-order valence-corrected chi connectivity index (χ4v) is 3.03. The summed E-state index contributed by atoms with van der Waals surface area (Å²) >= 11 is 0. The number of amides is 1. The van der Waals surface area contributed by atoms with E-state index in [1.807, 2.05) is 32.9 Å². The number of nitrogens with zero attached hydrogens (tertiary/aromatic N) is 2. The monoisotopic (exact) mass is 422 g/mol. The Kier molecular flexibility index (Phi) is 6.92. The summed E-state index contributed by atoms with van der Waals surface area (Å²) in [5.74, 6) is 1.10. The second kappa shape index (κ2) is 9.80. The summed E-state index contributed by atoms with van der Waals surface area (Å²) in [6.07, 6.45) is 3.05. The van der Waals surface area contributed by atoms with Gasteiger partial charge in [0.15, 0.2) is 11.5 Å². The quantitative estimate of drug-likeness (QED) is 0.427. The van der Waals surface area contributed by atoms with E-state index in [2.05, 4.69) is 15.8 Å². The maximum absolute atomic E-state index is 12.6. The number of methoxy groups -OCH3 is 1. The number of rotatable bonds is 8. The van der Waals surface area contributed by atoms with E-state index >= 15 is 0 Å². The molecule has 162 valence electrons. The molecule has 1 heterocycles. The Morgan fingerprint density at radius 2 is 1.97 bits per heavy atom. The normalized spacial score (nSPS) is 11.1. The lowest BCUT2D eigenvalue weighted by atomic mass is 10.2. The molecule has 0 bridgehead atoms. The molecule has 2 aromatic carbocycles. The molecule has 0 saturated heterocycles. The molecule has 0 aliphatic carbocycles. The van der Waals surface area contributed by atoms with Crippen molar-refractivity contribution >= 4 is 28.8 Å². The predicted molar refractivity (Wildman–Crippen MR) is 121 cm³/mol. The third-order valence-electron chi connectivity index (χ3n) is 4.45. The van der Waals surface area contributed by atoms with E-state index in [-0.39, 0.29) is 17.6 Å². The SMILES string of the molecule is CCn1c(NNC(=O)/C=C/c2ccc(OC(C)C)c(OC)c2)nc2ccccc2c1=O. The largest absolute Gasteiger partial charge is 0.493 e. The predicted octanol–water partition coefficient (Wildman–Crippen LogP) is 3.37. The molecule has 3 aromatic rings. The number of hydrogen-bond acceptors (Lipinski definition) is 6. The summed E-state index contributed by atoms with van der Waals surface area (Å²) in [5.41, 5.74) is 6.45. The smallest absolute Gasteiger partial charge is 0.262 e. The lowest BCUT2D eigenvalue weighted by molar-refractivity contribution is -0.116. The van der Waals surface area contributed by atoms with Gasteiger partial charge in [0.25, 0.3) is 11.5 Å². The molecule has 3 rings (SSSR count). The standard InChI is InChI=1S/C23H26N4O4/c1-5-27-22(29)17-8-6-7-9-18(17)24-23(27)26-25-21(28)13-11-16-10-12-19(31-15(2)3)20(14-16)30-4/h6-15H,5H2,1-4H3,(H,24,26)(H,25,28)/b13-11+. The van der Waals surface area contributed by atoms with E-state index in [1.54, 1.807) is 43.5 Å². The number of aromatic nitrogens is 2. The first-order chi connectivity index (χ1) is 14.9. The molecule has 8 nitrogen and oxygen atoms in total. The van der Waals surface area contributed by atoms with Crippen molar-refractivity contribution in [3.63, 3.8) is 0 Å². The molecular formula is C23H26N4O4. The number of nitrogens with one attached hydrogen (secondary N) is 2. The van der Waals surface area contributed by atoms with Crippen LogP contribution in [0.2, 0.25) is 0 Å². The van der Waals surface area contributed by atoms with E-state index < -0.39 is 5.91 Å². The van der Waals surface area contributed by atoms with Gasteiger partial charge < -0.3 is 9.47 Å². The first kappa shape index (κ1) is 21.9. The van der Waals surface area contributed by atoms with E-state index in [1.165, 1.54) is 10.6 Å². The molecule has 0 spiro atoms. The zero-order valence-corrected chi connectivity index (χ0v) is 18.0. The van der Waals surface area contributed by atoms with Crippen molar-refractivity contribution in [2.45, 2.75) is 33.4 Å². The molecule has 0 aliphatic heterocycles. The van der Waals surface area contributed by atoms with E-state index in [0.29, 0.717) is 28.9 Å². The highest BCUT2D eigenvalue weighted by molar-refractivity contribution is 5.92. The van der Waals surface area contributed by atoms with Gasteiger partial charge in [-0.2, -0.15) is 0 Å². The highest BCUT2D eigenvalue weighted by atomic mass is 16.5. The summed E-state index contributed by atoms with van der Waals surface area (Å²) in [4.78, 5) is 29.3. The number of ether oxygens (including phenoxy) is 2. The van der Waals surface area contributed by atoms with Gasteiger partial charge in [0.1, 0.15) is 0 Å². The highest BCUT2D eigenvalue weighted by Gasteiger charge is 2.10. The van der Waals surface area contributed by atoms with Crippen molar-refractivity contribution in [2.75, 3.05) is 12.5 Å². The fourth-order valence-electron chi connectivity index (χ4n) is 3.03. The molecule has 8 heteroatoms. The van der Waals surface area contributed by atoms with Crippen LogP contribution in [0.25, 0.3) is 17.0 Å². The van der Waals surface area contributed by atoms with Crippen LogP contribution in [0.5, 0.6) is 11.5 Å². The first-order valence-electron chi connectivity index (χ1n) is 10.0. The average Bonchev–Trinajstić information content (AvgIpc) is 2.76. The molecule has 0 saturated carbocycles. The molecule has 31 heavy (non-hydrogen) atoms. The van der Waals surface area contributed by atoms with Gasteiger partial charge in [0.05, 0.1) is 24.1 Å². The Balaban J connectivity index is 1.72. The molecule has 1 amide bonds. The second-order valence-corrected chi connectivity index (χ2v) is 7.03. The molecule has 0 unspecified atom stereocenters. The maximum atomic E-state index is 12.6. The lowest BCUT2D eigenvalue weighted by Gasteiger charge is -2.14. The van der Waals surface area contributed by atoms with E-state index in [0.717, 1.165) is 5.56 Å². The van der Waals surface area contributed by atoms with Crippen LogP contribution in [0.4, 0.5) is 5.95 Å². The van der Waals surface area contributed by atoms with Crippen LogP contribution in [0.1, 0.15) is 26.3 Å². The van der Waals surface area contributed by atoms with Crippen LogP contribution in [0, 0.1) is 0 Å². The fraction of sp³-hybridized carbons (Fsp3) is 0.261. The Morgan fingerprint density at radius 1 is 1.19 bits per heavy atom. The summed E-state index contributed by atoms with van der Waals surface area (Å²) in [6.45, 7) is 6.13. The zero-order valence-electron chi connectivity index (χ0n) is 18.0. The molecule has 1 aromatic heterocycles. The van der Waals surface area contributed by atoms with Crippen LogP contribution in [0.15, 0.2) is 53.3 Å². The van der Waals surface area contributed by atoms with Crippen molar-refractivity contribution in [2.24, 2.45) is 0 Å². The number of carbonyl (C=O) groups excluding carboxylic acids is 1. The van der Waals surface area contributed by atoms with Crippen molar-refractivity contribution < 1.29 is 14.3 Å². The third-order valence-corrected chi connectivity index (χ3v) is 4.45. The topological polar surface area (TPSA) is 94.5 Å². The molecule has 0 atom stereocenters. The van der Waals surface area contributed by atoms with Gasteiger partial charge in [0, 0.05) is 12.6 Å². The average molecular weight is 422 g/mol. The first-order valence-corrected chi connectivity index (χ1v) is 10.0. The van der Waals surface area contributed by atoms with Crippen LogP contribution in [-0.4, -0.2) is 28.7 Å². The van der Waals surface area contributed by atoms with Crippen molar-refractivity contribution in [1.29, 1.82) is 0 Å². The number of fused-ring (bicyclic) bond motifs is 1. The summed E-state index contributed by atoms with van der Waals surface area (Å²) < 4.78 is 12.5. The number of hydrogen-bond donors (Lipinski definition) is 2. The maximum Gasteiger partial charge on any atom is 0.262 e. The van der Waals surface area contributed by atoms with Crippen LogP contribution in [0.3, 0.4) is 0 Å². The Hall–Kier alpha value is -3.81.